The van der Waals surface area contributed by atoms with Crippen molar-refractivity contribution in [3.8, 4) is 5.88 Å². The SMILES string of the molecule is Clc1cccc(N2CCN(CCCCOc3ccc4c(n3)NCC=C4)CC2)c1Cl. The molecule has 3 heterocycles. The molecule has 1 aromatic heterocycles. The van der Waals surface area contributed by atoms with Crippen LogP contribution in [0, 0.1) is 0 Å². The van der Waals surface area contributed by atoms with Crippen LogP contribution in [-0.4, -0.2) is 55.8 Å². The molecular weight excluding hydrogens is 407 g/mol. The molecule has 154 valence electrons. The maximum absolute atomic E-state index is 6.36. The van der Waals surface area contributed by atoms with E-state index in [1.165, 1.54) is 0 Å². The summed E-state index contributed by atoms with van der Waals surface area (Å²) in [6.07, 6.45) is 6.31. The van der Waals surface area contributed by atoms with E-state index in [2.05, 4.69) is 32.3 Å². The fourth-order valence-electron chi connectivity index (χ4n) is 3.71. The van der Waals surface area contributed by atoms with Crippen molar-refractivity contribution in [1.29, 1.82) is 0 Å². The molecule has 0 unspecified atom stereocenters. The Bertz CT molecular complexity index is 866. The highest BCUT2D eigenvalue weighted by Gasteiger charge is 2.19. The van der Waals surface area contributed by atoms with Gasteiger partial charge in [-0.15, -0.1) is 0 Å². The minimum atomic E-state index is 0.618. The lowest BCUT2D eigenvalue weighted by atomic mass is 10.2. The molecule has 0 saturated carbocycles. The predicted molar refractivity (Wildman–Crippen MR) is 122 cm³/mol. The number of pyridine rings is 1. The molecule has 1 saturated heterocycles. The lowest BCUT2D eigenvalue weighted by Crippen LogP contribution is -2.46. The van der Waals surface area contributed by atoms with Gasteiger partial charge in [-0.1, -0.05) is 41.4 Å². The molecule has 0 bridgehead atoms. The molecule has 4 rings (SSSR count). The first-order valence-corrected chi connectivity index (χ1v) is 10.9. The predicted octanol–water partition coefficient (Wildman–Crippen LogP) is 4.81. The molecule has 0 aliphatic carbocycles. The lowest BCUT2D eigenvalue weighted by Gasteiger charge is -2.36. The fourth-order valence-corrected chi connectivity index (χ4v) is 4.13. The first-order valence-electron chi connectivity index (χ1n) is 10.2. The Morgan fingerprint density at radius 2 is 1.90 bits per heavy atom. The highest BCUT2D eigenvalue weighted by molar-refractivity contribution is 6.43. The number of anilines is 2. The van der Waals surface area contributed by atoms with Gasteiger partial charge >= 0.3 is 0 Å². The first kappa shape index (κ1) is 20.3. The van der Waals surface area contributed by atoms with Crippen LogP contribution in [-0.2, 0) is 0 Å². The standard InChI is InChI=1S/C22H26Cl2N4O/c23-18-6-3-7-19(21(18)24)28-14-12-27(13-15-28)11-1-2-16-29-20-9-8-17-5-4-10-25-22(17)26-20/h3-9H,1-2,10-16H2,(H,25,26). The summed E-state index contributed by atoms with van der Waals surface area (Å²) in [5.41, 5.74) is 2.15. The zero-order valence-corrected chi connectivity index (χ0v) is 17.9. The van der Waals surface area contributed by atoms with Crippen LogP contribution in [0.1, 0.15) is 18.4 Å². The van der Waals surface area contributed by atoms with Crippen LogP contribution in [0.2, 0.25) is 10.0 Å². The van der Waals surface area contributed by atoms with Gasteiger partial charge in [0, 0.05) is 44.4 Å². The van der Waals surface area contributed by atoms with Crippen LogP contribution >= 0.6 is 23.2 Å². The average Bonchev–Trinajstić information content (AvgIpc) is 2.76. The van der Waals surface area contributed by atoms with Gasteiger partial charge in [0.2, 0.25) is 5.88 Å². The third kappa shape index (κ3) is 5.16. The van der Waals surface area contributed by atoms with E-state index in [-0.39, 0.29) is 0 Å². The third-order valence-electron chi connectivity index (χ3n) is 5.35. The number of benzene rings is 1. The number of unbranched alkanes of at least 4 members (excludes halogenated alkanes) is 1. The summed E-state index contributed by atoms with van der Waals surface area (Å²) < 4.78 is 5.83. The molecule has 29 heavy (non-hydrogen) atoms. The summed E-state index contributed by atoms with van der Waals surface area (Å²) in [6.45, 7) is 6.61. The van der Waals surface area contributed by atoms with Crippen LogP contribution in [0.15, 0.2) is 36.4 Å². The van der Waals surface area contributed by atoms with Gasteiger partial charge in [0.15, 0.2) is 0 Å². The molecular formula is C22H26Cl2N4O. The van der Waals surface area contributed by atoms with Gasteiger partial charge in [-0.25, -0.2) is 0 Å². The quantitative estimate of drug-likeness (QED) is 0.635. The number of hydrogen-bond acceptors (Lipinski definition) is 5. The molecule has 0 spiro atoms. The molecule has 2 aromatic rings. The third-order valence-corrected chi connectivity index (χ3v) is 6.16. The molecule has 7 heteroatoms. The van der Waals surface area contributed by atoms with Gasteiger partial charge in [-0.2, -0.15) is 4.98 Å². The van der Waals surface area contributed by atoms with E-state index in [1.54, 1.807) is 0 Å². The monoisotopic (exact) mass is 432 g/mol. The smallest absolute Gasteiger partial charge is 0.215 e. The van der Waals surface area contributed by atoms with Gasteiger partial charge in [0.1, 0.15) is 5.82 Å². The number of fused-ring (bicyclic) bond motifs is 1. The molecule has 0 radical (unpaired) electrons. The summed E-state index contributed by atoms with van der Waals surface area (Å²) in [7, 11) is 0. The van der Waals surface area contributed by atoms with E-state index in [0.29, 0.717) is 22.5 Å². The summed E-state index contributed by atoms with van der Waals surface area (Å²) >= 11 is 12.5. The Kier molecular flexibility index (Phi) is 6.80. The van der Waals surface area contributed by atoms with E-state index in [4.69, 9.17) is 27.9 Å². The second-order valence-corrected chi connectivity index (χ2v) is 8.11. The van der Waals surface area contributed by atoms with Gasteiger partial charge in [0.05, 0.1) is 22.3 Å². The van der Waals surface area contributed by atoms with Crippen LogP contribution in [0.4, 0.5) is 11.5 Å². The van der Waals surface area contributed by atoms with Crippen molar-refractivity contribution in [2.75, 3.05) is 56.1 Å². The molecule has 0 amide bonds. The average molecular weight is 433 g/mol. The molecule has 1 aromatic carbocycles. The van der Waals surface area contributed by atoms with Crippen molar-refractivity contribution in [2.45, 2.75) is 12.8 Å². The Hall–Kier alpha value is -1.95. The largest absolute Gasteiger partial charge is 0.478 e. The number of piperazine rings is 1. The summed E-state index contributed by atoms with van der Waals surface area (Å²) in [5, 5.41) is 4.54. The zero-order chi connectivity index (χ0) is 20.1. The van der Waals surface area contributed by atoms with Gasteiger partial charge in [-0.05, 0) is 37.6 Å². The maximum atomic E-state index is 6.36. The summed E-state index contributed by atoms with van der Waals surface area (Å²) in [4.78, 5) is 9.35. The number of aromatic nitrogens is 1. The Balaban J connectivity index is 1.15. The Labute approximate surface area is 182 Å². The number of nitrogens with zero attached hydrogens (tertiary/aromatic N) is 3. The number of nitrogens with one attached hydrogen (secondary N) is 1. The number of ether oxygens (including phenoxy) is 1. The summed E-state index contributed by atoms with van der Waals surface area (Å²) in [6, 6.07) is 9.82. The van der Waals surface area contributed by atoms with Gasteiger partial charge < -0.3 is 15.0 Å². The number of halogens is 2. The van der Waals surface area contributed by atoms with Crippen LogP contribution in [0.25, 0.3) is 6.08 Å². The van der Waals surface area contributed by atoms with Crippen LogP contribution in [0.3, 0.4) is 0 Å². The number of hydrogen-bond donors (Lipinski definition) is 1. The highest BCUT2D eigenvalue weighted by atomic mass is 35.5. The molecule has 2 aliphatic rings. The molecule has 0 atom stereocenters. The zero-order valence-electron chi connectivity index (χ0n) is 16.4. The minimum Gasteiger partial charge on any atom is -0.478 e. The van der Waals surface area contributed by atoms with Crippen molar-refractivity contribution in [2.24, 2.45) is 0 Å². The van der Waals surface area contributed by atoms with Crippen molar-refractivity contribution in [1.82, 2.24) is 9.88 Å². The van der Waals surface area contributed by atoms with Gasteiger partial charge in [-0.3, -0.25) is 4.90 Å². The molecule has 5 nitrogen and oxygen atoms in total. The topological polar surface area (TPSA) is 40.6 Å². The van der Waals surface area contributed by atoms with E-state index in [1.807, 2.05) is 30.3 Å². The maximum Gasteiger partial charge on any atom is 0.215 e. The normalized spacial score (nSPS) is 16.4. The van der Waals surface area contributed by atoms with Crippen molar-refractivity contribution in [3.63, 3.8) is 0 Å². The summed E-state index contributed by atoms with van der Waals surface area (Å²) in [5.74, 6) is 1.60. The highest BCUT2D eigenvalue weighted by Crippen LogP contribution is 2.32. The van der Waals surface area contributed by atoms with Crippen molar-refractivity contribution in [3.05, 3.63) is 52.0 Å². The van der Waals surface area contributed by atoms with E-state index in [0.717, 1.165) is 69.2 Å². The first-order chi connectivity index (χ1) is 14.2. The molecule has 2 aliphatic heterocycles. The fraction of sp³-hybridized carbons (Fsp3) is 0.409. The van der Waals surface area contributed by atoms with Crippen LogP contribution < -0.4 is 15.0 Å². The molecule has 1 fully saturated rings. The second kappa shape index (κ2) is 9.70. The lowest BCUT2D eigenvalue weighted by molar-refractivity contribution is 0.236. The number of rotatable bonds is 7. The molecule has 1 N–H and O–H groups in total. The minimum absolute atomic E-state index is 0.618. The Morgan fingerprint density at radius 3 is 2.76 bits per heavy atom. The van der Waals surface area contributed by atoms with E-state index >= 15 is 0 Å². The Morgan fingerprint density at radius 1 is 1.03 bits per heavy atom. The van der Waals surface area contributed by atoms with Crippen LogP contribution in [0.5, 0.6) is 5.88 Å². The second-order valence-electron chi connectivity index (χ2n) is 7.33. The van der Waals surface area contributed by atoms with Crippen molar-refractivity contribution < 1.29 is 4.74 Å². The van der Waals surface area contributed by atoms with Gasteiger partial charge in [0.25, 0.3) is 0 Å². The van der Waals surface area contributed by atoms with E-state index < -0.39 is 0 Å². The van der Waals surface area contributed by atoms with E-state index in [9.17, 15) is 0 Å². The van der Waals surface area contributed by atoms with Crippen molar-refractivity contribution >= 4 is 40.8 Å².